The zero-order chi connectivity index (χ0) is 11.3. The molecule has 1 N–H and O–H groups in total. The van der Waals surface area contributed by atoms with Crippen LogP contribution in [0.25, 0.3) is 0 Å². The maximum atomic E-state index is 10.6. The number of aliphatic carboxylic acids is 1. The minimum Gasteiger partial charge on any atom is -0.496 e. The molecule has 1 rings (SSSR count). The number of rotatable bonds is 5. The number of hydrogen-bond donors (Lipinski definition) is 1. The van der Waals surface area contributed by atoms with Gasteiger partial charge in [-0.15, -0.1) is 11.8 Å². The fourth-order valence-electron chi connectivity index (χ4n) is 1.02. The van der Waals surface area contributed by atoms with Crippen LogP contribution in [-0.4, -0.2) is 23.9 Å². The van der Waals surface area contributed by atoms with Crippen molar-refractivity contribution in [2.45, 2.75) is 11.8 Å². The van der Waals surface area contributed by atoms with Crippen LogP contribution < -0.4 is 4.74 Å². The number of benzene rings is 1. The van der Waals surface area contributed by atoms with Crippen molar-refractivity contribution in [3.8, 4) is 5.75 Å². The van der Waals surface area contributed by atoms with Crippen molar-refractivity contribution in [1.29, 1.82) is 0 Å². The summed E-state index contributed by atoms with van der Waals surface area (Å²) in [7, 11) is 1.61. The van der Waals surface area contributed by atoms with E-state index in [0.29, 0.717) is 5.75 Å². The Kier molecular flexibility index (Phi) is 4.49. The van der Waals surface area contributed by atoms with Crippen molar-refractivity contribution in [2.75, 3.05) is 12.9 Å². The molecule has 0 aromatic heterocycles. The predicted octanol–water partition coefficient (Wildman–Crippen LogP) is 2.51. The van der Waals surface area contributed by atoms with Crippen molar-refractivity contribution < 1.29 is 14.6 Å². The van der Waals surface area contributed by atoms with Gasteiger partial charge in [-0.3, -0.25) is 4.79 Å². The summed E-state index contributed by atoms with van der Waals surface area (Å²) in [6.07, 6.45) is 0. The van der Waals surface area contributed by atoms with Gasteiger partial charge in [0.2, 0.25) is 0 Å². The fourth-order valence-corrected chi connectivity index (χ4v) is 2.06. The van der Waals surface area contributed by atoms with E-state index in [1.54, 1.807) is 14.0 Å². The summed E-state index contributed by atoms with van der Waals surface area (Å²) >= 11 is 1.50. The summed E-state index contributed by atoms with van der Waals surface area (Å²) in [6.45, 7) is 1.70. The topological polar surface area (TPSA) is 46.5 Å². The zero-order valence-electron chi connectivity index (χ0n) is 8.77. The molecule has 0 amide bonds. The molecule has 0 aliphatic carbocycles. The van der Waals surface area contributed by atoms with Crippen LogP contribution in [0.3, 0.4) is 0 Å². The molecule has 0 spiro atoms. The minimum absolute atomic E-state index is 0.347. The number of para-hydroxylation sites is 1. The van der Waals surface area contributed by atoms with Crippen molar-refractivity contribution in [3.05, 3.63) is 24.3 Å². The van der Waals surface area contributed by atoms with Gasteiger partial charge in [-0.2, -0.15) is 0 Å². The molecular formula is C11H14O3S. The maximum absolute atomic E-state index is 10.6. The smallest absolute Gasteiger partial charge is 0.307 e. The summed E-state index contributed by atoms with van der Waals surface area (Å²) in [4.78, 5) is 11.6. The van der Waals surface area contributed by atoms with Crippen LogP contribution in [0.15, 0.2) is 29.2 Å². The molecule has 0 bridgehead atoms. The molecule has 0 unspecified atom stereocenters. The molecule has 1 aromatic rings. The van der Waals surface area contributed by atoms with E-state index in [0.717, 1.165) is 10.6 Å². The van der Waals surface area contributed by atoms with Gasteiger partial charge in [-0.1, -0.05) is 19.1 Å². The number of carboxylic acids is 1. The first-order valence-electron chi connectivity index (χ1n) is 4.63. The number of carbonyl (C=O) groups is 1. The lowest BCUT2D eigenvalue weighted by Crippen LogP contribution is -2.11. The first-order valence-corrected chi connectivity index (χ1v) is 5.62. The van der Waals surface area contributed by atoms with Crippen LogP contribution >= 0.6 is 11.8 Å². The minimum atomic E-state index is -0.766. The molecular weight excluding hydrogens is 212 g/mol. The Morgan fingerprint density at radius 2 is 2.20 bits per heavy atom. The third-order valence-electron chi connectivity index (χ3n) is 1.98. The van der Waals surface area contributed by atoms with Gasteiger partial charge in [0.05, 0.1) is 13.0 Å². The van der Waals surface area contributed by atoms with E-state index >= 15 is 0 Å². The summed E-state index contributed by atoms with van der Waals surface area (Å²) in [6, 6.07) is 7.60. The SMILES string of the molecule is COc1ccccc1SC[C@@H](C)C(=O)O. The molecule has 0 heterocycles. The monoisotopic (exact) mass is 226 g/mol. The second kappa shape index (κ2) is 5.66. The molecule has 1 aromatic carbocycles. The molecule has 3 nitrogen and oxygen atoms in total. The number of thioether (sulfide) groups is 1. The van der Waals surface area contributed by atoms with E-state index in [1.807, 2.05) is 24.3 Å². The van der Waals surface area contributed by atoms with E-state index in [2.05, 4.69) is 0 Å². The van der Waals surface area contributed by atoms with Gasteiger partial charge >= 0.3 is 5.97 Å². The molecule has 0 saturated carbocycles. The average Bonchev–Trinajstić information content (AvgIpc) is 2.26. The van der Waals surface area contributed by atoms with E-state index in [4.69, 9.17) is 9.84 Å². The third kappa shape index (κ3) is 3.47. The van der Waals surface area contributed by atoms with Gasteiger partial charge in [-0.25, -0.2) is 0 Å². The Balaban J connectivity index is 2.60. The summed E-state index contributed by atoms with van der Waals surface area (Å²) < 4.78 is 5.17. The Morgan fingerprint density at radius 3 is 2.80 bits per heavy atom. The fraction of sp³-hybridized carbons (Fsp3) is 0.364. The summed E-state index contributed by atoms with van der Waals surface area (Å²) in [5.41, 5.74) is 0. The first kappa shape index (κ1) is 11.9. The van der Waals surface area contributed by atoms with Gasteiger partial charge < -0.3 is 9.84 Å². The normalized spacial score (nSPS) is 12.1. The molecule has 0 saturated heterocycles. The van der Waals surface area contributed by atoms with Gasteiger partial charge in [0.15, 0.2) is 0 Å². The van der Waals surface area contributed by atoms with Crippen LogP contribution in [-0.2, 0) is 4.79 Å². The lowest BCUT2D eigenvalue weighted by atomic mass is 10.2. The molecule has 0 radical (unpaired) electrons. The van der Waals surface area contributed by atoms with Crippen LogP contribution in [0.5, 0.6) is 5.75 Å². The molecule has 0 fully saturated rings. The lowest BCUT2D eigenvalue weighted by molar-refractivity contribution is -0.140. The molecule has 1 atom stereocenters. The standard InChI is InChI=1S/C11H14O3S/c1-8(11(12)13)7-15-10-6-4-3-5-9(10)14-2/h3-6,8H,7H2,1-2H3,(H,12,13)/t8-/m1/s1. The van der Waals surface area contributed by atoms with Gasteiger partial charge in [-0.05, 0) is 12.1 Å². The van der Waals surface area contributed by atoms with Gasteiger partial charge in [0.1, 0.15) is 5.75 Å². The van der Waals surface area contributed by atoms with Crippen LogP contribution in [0, 0.1) is 5.92 Å². The van der Waals surface area contributed by atoms with Crippen LogP contribution in [0.4, 0.5) is 0 Å². The second-order valence-electron chi connectivity index (χ2n) is 3.20. The Hall–Kier alpha value is -1.16. The maximum Gasteiger partial charge on any atom is 0.307 e. The molecule has 82 valence electrons. The third-order valence-corrected chi connectivity index (χ3v) is 3.29. The van der Waals surface area contributed by atoms with E-state index in [9.17, 15) is 4.79 Å². The van der Waals surface area contributed by atoms with Crippen molar-refractivity contribution in [3.63, 3.8) is 0 Å². The number of methoxy groups -OCH3 is 1. The highest BCUT2D eigenvalue weighted by Gasteiger charge is 2.12. The Labute approximate surface area is 93.4 Å². The van der Waals surface area contributed by atoms with E-state index in [-0.39, 0.29) is 5.92 Å². The van der Waals surface area contributed by atoms with E-state index in [1.165, 1.54) is 11.8 Å². The lowest BCUT2D eigenvalue weighted by Gasteiger charge is -2.09. The van der Waals surface area contributed by atoms with Crippen molar-refractivity contribution in [1.82, 2.24) is 0 Å². The molecule has 0 aliphatic rings. The van der Waals surface area contributed by atoms with Crippen molar-refractivity contribution in [2.24, 2.45) is 5.92 Å². The van der Waals surface area contributed by atoms with Crippen LogP contribution in [0.2, 0.25) is 0 Å². The second-order valence-corrected chi connectivity index (χ2v) is 4.26. The molecule has 0 aliphatic heterocycles. The largest absolute Gasteiger partial charge is 0.496 e. The highest BCUT2D eigenvalue weighted by atomic mass is 32.2. The molecule has 15 heavy (non-hydrogen) atoms. The highest BCUT2D eigenvalue weighted by molar-refractivity contribution is 7.99. The Bertz CT molecular complexity index is 338. The van der Waals surface area contributed by atoms with Gasteiger partial charge in [0, 0.05) is 10.6 Å². The van der Waals surface area contributed by atoms with Gasteiger partial charge in [0.25, 0.3) is 0 Å². The van der Waals surface area contributed by atoms with Crippen LogP contribution in [0.1, 0.15) is 6.92 Å². The predicted molar refractivity (Wildman–Crippen MR) is 60.5 cm³/mol. The highest BCUT2D eigenvalue weighted by Crippen LogP contribution is 2.29. The summed E-state index contributed by atoms with van der Waals surface area (Å²) in [5.74, 6) is 0.229. The molecule has 4 heteroatoms. The average molecular weight is 226 g/mol. The number of carboxylic acid groups (broad SMARTS) is 1. The Morgan fingerprint density at radius 1 is 1.53 bits per heavy atom. The first-order chi connectivity index (χ1) is 7.15. The van der Waals surface area contributed by atoms with Crippen molar-refractivity contribution >= 4 is 17.7 Å². The number of ether oxygens (including phenoxy) is 1. The van der Waals surface area contributed by atoms with E-state index < -0.39 is 5.97 Å². The summed E-state index contributed by atoms with van der Waals surface area (Å²) in [5, 5.41) is 8.74. The quantitative estimate of drug-likeness (QED) is 0.784. The zero-order valence-corrected chi connectivity index (χ0v) is 9.58. The number of hydrogen-bond acceptors (Lipinski definition) is 3.